The molecule has 0 aromatic heterocycles. The van der Waals surface area contributed by atoms with Crippen molar-refractivity contribution in [2.24, 2.45) is 0 Å². The van der Waals surface area contributed by atoms with Gasteiger partial charge in [0.25, 0.3) is 0 Å². The molecule has 24 heavy (non-hydrogen) atoms. The first-order valence-corrected chi connectivity index (χ1v) is 7.79. The van der Waals surface area contributed by atoms with Crippen LogP contribution in [0.3, 0.4) is 0 Å². The molecule has 0 bridgehead atoms. The SMILES string of the molecule is COc1cccc2c1C(=O)C1c3c(cc4c(c3-2)OCO4)C=CN1C. The maximum absolute atomic E-state index is 13.3. The van der Waals surface area contributed by atoms with E-state index in [1.807, 2.05) is 48.5 Å². The van der Waals surface area contributed by atoms with E-state index in [0.29, 0.717) is 17.1 Å². The van der Waals surface area contributed by atoms with Gasteiger partial charge in [-0.3, -0.25) is 4.79 Å². The molecule has 2 aromatic rings. The summed E-state index contributed by atoms with van der Waals surface area (Å²) in [5.41, 5.74) is 4.37. The first kappa shape index (κ1) is 13.5. The van der Waals surface area contributed by atoms with Gasteiger partial charge in [-0.1, -0.05) is 12.1 Å². The Bertz CT molecular complexity index is 931. The summed E-state index contributed by atoms with van der Waals surface area (Å²) in [5, 5.41) is 0. The van der Waals surface area contributed by atoms with E-state index in [2.05, 4.69) is 0 Å². The van der Waals surface area contributed by atoms with Crippen molar-refractivity contribution in [1.29, 1.82) is 0 Å². The van der Waals surface area contributed by atoms with Crippen molar-refractivity contribution in [3.63, 3.8) is 0 Å². The van der Waals surface area contributed by atoms with Crippen molar-refractivity contribution in [2.75, 3.05) is 21.0 Å². The van der Waals surface area contributed by atoms with Gasteiger partial charge >= 0.3 is 0 Å². The van der Waals surface area contributed by atoms with Crippen LogP contribution in [0.1, 0.15) is 27.5 Å². The standard InChI is InChI=1S/C19H15NO4/c1-20-7-6-10-8-13-19(24-9-23-13)16-11-4-3-5-12(22-2)15(11)18(21)17(20)14(10)16/h3-8,17H,9H2,1-2H3. The number of hydrogen-bond acceptors (Lipinski definition) is 5. The fraction of sp³-hybridized carbons (Fsp3) is 0.211. The van der Waals surface area contributed by atoms with Crippen molar-refractivity contribution < 1.29 is 19.0 Å². The van der Waals surface area contributed by atoms with E-state index in [1.165, 1.54) is 0 Å². The summed E-state index contributed by atoms with van der Waals surface area (Å²) in [4.78, 5) is 15.2. The fourth-order valence-corrected chi connectivity index (χ4v) is 3.88. The highest BCUT2D eigenvalue weighted by molar-refractivity contribution is 6.14. The van der Waals surface area contributed by atoms with E-state index in [0.717, 1.165) is 28.0 Å². The molecule has 0 fully saturated rings. The van der Waals surface area contributed by atoms with Gasteiger partial charge in [-0.25, -0.2) is 0 Å². The molecule has 120 valence electrons. The molecule has 0 saturated carbocycles. The Kier molecular flexibility index (Phi) is 2.55. The number of ketones is 1. The Morgan fingerprint density at radius 2 is 2.12 bits per heavy atom. The molecule has 2 aliphatic heterocycles. The first-order valence-electron chi connectivity index (χ1n) is 7.79. The van der Waals surface area contributed by atoms with Crippen LogP contribution in [0.15, 0.2) is 30.5 Å². The van der Waals surface area contributed by atoms with E-state index in [4.69, 9.17) is 14.2 Å². The number of hydrogen-bond donors (Lipinski definition) is 0. The van der Waals surface area contributed by atoms with Gasteiger partial charge in [-0.2, -0.15) is 0 Å². The number of methoxy groups -OCH3 is 1. The van der Waals surface area contributed by atoms with Crippen molar-refractivity contribution in [2.45, 2.75) is 6.04 Å². The highest BCUT2D eigenvalue weighted by Gasteiger charge is 2.42. The van der Waals surface area contributed by atoms with Crippen molar-refractivity contribution >= 4 is 11.9 Å². The minimum absolute atomic E-state index is 0.0434. The zero-order valence-corrected chi connectivity index (χ0v) is 13.3. The average molecular weight is 321 g/mol. The Labute approximate surface area is 139 Å². The molecular formula is C19H15NO4. The number of rotatable bonds is 1. The highest BCUT2D eigenvalue weighted by Crippen LogP contribution is 2.54. The number of benzene rings is 2. The molecule has 0 saturated heterocycles. The maximum atomic E-state index is 13.3. The molecule has 1 unspecified atom stereocenters. The van der Waals surface area contributed by atoms with Gasteiger partial charge in [0.2, 0.25) is 6.79 Å². The van der Waals surface area contributed by atoms with Crippen molar-refractivity contribution in [1.82, 2.24) is 4.90 Å². The van der Waals surface area contributed by atoms with Gasteiger partial charge in [0.05, 0.1) is 12.7 Å². The predicted molar refractivity (Wildman–Crippen MR) is 88.4 cm³/mol. The Hall–Kier alpha value is -2.95. The second-order valence-electron chi connectivity index (χ2n) is 6.12. The van der Waals surface area contributed by atoms with Crippen LogP contribution in [0.25, 0.3) is 17.2 Å². The molecule has 2 heterocycles. The van der Waals surface area contributed by atoms with E-state index in [1.54, 1.807) is 7.11 Å². The van der Waals surface area contributed by atoms with E-state index < -0.39 is 0 Å². The van der Waals surface area contributed by atoms with E-state index in [-0.39, 0.29) is 18.6 Å². The van der Waals surface area contributed by atoms with Crippen LogP contribution in [-0.2, 0) is 0 Å². The summed E-state index contributed by atoms with van der Waals surface area (Å²) in [6, 6.07) is 7.24. The first-order chi connectivity index (χ1) is 11.7. The van der Waals surface area contributed by atoms with Gasteiger partial charge < -0.3 is 19.1 Å². The lowest BCUT2D eigenvalue weighted by Gasteiger charge is -2.37. The normalized spacial score (nSPS) is 19.2. The number of carbonyl (C=O) groups is 1. The minimum Gasteiger partial charge on any atom is -0.496 e. The van der Waals surface area contributed by atoms with Crippen LogP contribution in [-0.4, -0.2) is 31.6 Å². The number of likely N-dealkylation sites (N-methyl/N-ethyl adjacent to an activating group) is 1. The summed E-state index contributed by atoms with van der Waals surface area (Å²) in [6.07, 6.45) is 3.94. The molecule has 3 aliphatic rings. The summed E-state index contributed by atoms with van der Waals surface area (Å²) < 4.78 is 16.8. The van der Waals surface area contributed by atoms with Crippen LogP contribution in [0.5, 0.6) is 17.2 Å². The fourth-order valence-electron chi connectivity index (χ4n) is 3.88. The summed E-state index contributed by atoms with van der Waals surface area (Å²) in [7, 11) is 3.50. The Morgan fingerprint density at radius 1 is 1.25 bits per heavy atom. The van der Waals surface area contributed by atoms with Gasteiger partial charge in [-0.15, -0.1) is 0 Å². The predicted octanol–water partition coefficient (Wildman–Crippen LogP) is 3.24. The molecule has 1 aliphatic carbocycles. The molecule has 0 spiro atoms. The summed E-state index contributed by atoms with van der Waals surface area (Å²) in [6.45, 7) is 0.197. The smallest absolute Gasteiger partial charge is 0.231 e. The molecule has 0 radical (unpaired) electrons. The molecule has 5 heteroatoms. The third-order valence-corrected chi connectivity index (χ3v) is 4.92. The minimum atomic E-state index is -0.377. The molecule has 2 aromatic carbocycles. The molecule has 5 nitrogen and oxygen atoms in total. The van der Waals surface area contributed by atoms with E-state index in [9.17, 15) is 4.79 Å². The van der Waals surface area contributed by atoms with Crippen molar-refractivity contribution in [3.8, 4) is 28.4 Å². The molecule has 1 atom stereocenters. The number of nitrogens with zero attached hydrogens (tertiary/aromatic N) is 1. The Morgan fingerprint density at radius 3 is 2.96 bits per heavy atom. The number of fused-ring (bicyclic) bond motifs is 4. The zero-order chi connectivity index (χ0) is 16.4. The van der Waals surface area contributed by atoms with Crippen LogP contribution in [0, 0.1) is 0 Å². The lowest BCUT2D eigenvalue weighted by Crippen LogP contribution is -2.33. The average Bonchev–Trinajstić information content (AvgIpc) is 3.06. The quantitative estimate of drug-likeness (QED) is 0.807. The number of carbonyl (C=O) groups excluding carboxylic acids is 1. The van der Waals surface area contributed by atoms with E-state index >= 15 is 0 Å². The topological polar surface area (TPSA) is 48.0 Å². The third kappa shape index (κ3) is 1.51. The highest BCUT2D eigenvalue weighted by atomic mass is 16.7. The largest absolute Gasteiger partial charge is 0.496 e. The molecular weight excluding hydrogens is 306 g/mol. The van der Waals surface area contributed by atoms with Crippen LogP contribution >= 0.6 is 0 Å². The number of Topliss-reactive ketones (excluding diaryl/α,β-unsaturated/α-hetero) is 1. The van der Waals surface area contributed by atoms with Gasteiger partial charge in [0.15, 0.2) is 17.3 Å². The van der Waals surface area contributed by atoms with Crippen molar-refractivity contribution in [3.05, 3.63) is 47.2 Å². The summed E-state index contributed by atoms with van der Waals surface area (Å²) >= 11 is 0. The zero-order valence-electron chi connectivity index (χ0n) is 13.3. The lowest BCUT2D eigenvalue weighted by atomic mass is 9.77. The lowest BCUT2D eigenvalue weighted by molar-refractivity contribution is 0.0882. The maximum Gasteiger partial charge on any atom is 0.231 e. The van der Waals surface area contributed by atoms with Gasteiger partial charge in [-0.05, 0) is 23.8 Å². The monoisotopic (exact) mass is 321 g/mol. The van der Waals surface area contributed by atoms with Crippen LogP contribution < -0.4 is 14.2 Å². The second kappa shape index (κ2) is 4.54. The van der Waals surface area contributed by atoms with Crippen LogP contribution in [0.4, 0.5) is 0 Å². The third-order valence-electron chi connectivity index (χ3n) is 4.92. The second-order valence-corrected chi connectivity index (χ2v) is 6.12. The molecule has 5 rings (SSSR count). The summed E-state index contributed by atoms with van der Waals surface area (Å²) in [5.74, 6) is 2.07. The number of ether oxygens (including phenoxy) is 3. The van der Waals surface area contributed by atoms with Crippen LogP contribution in [0.2, 0.25) is 0 Å². The molecule has 0 amide bonds. The Balaban J connectivity index is 1.94. The molecule has 0 N–H and O–H groups in total. The van der Waals surface area contributed by atoms with Gasteiger partial charge in [0, 0.05) is 29.9 Å². The van der Waals surface area contributed by atoms with Gasteiger partial charge in [0.1, 0.15) is 11.8 Å².